The molecule has 1 unspecified atom stereocenters. The van der Waals surface area contributed by atoms with Gasteiger partial charge in [0.2, 0.25) is 0 Å². The van der Waals surface area contributed by atoms with E-state index >= 15 is 0 Å². The first-order valence-electron chi connectivity index (χ1n) is 14.2. The lowest BCUT2D eigenvalue weighted by Crippen LogP contribution is -2.47. The Kier molecular flexibility index (Phi) is 7.83. The van der Waals surface area contributed by atoms with E-state index in [4.69, 9.17) is 11.6 Å². The highest BCUT2D eigenvalue weighted by Crippen LogP contribution is 2.37. The molecule has 9 heteroatoms. The second-order valence-electron chi connectivity index (χ2n) is 11.0. The van der Waals surface area contributed by atoms with Crippen LogP contribution in [0.1, 0.15) is 69.8 Å². The van der Waals surface area contributed by atoms with Crippen LogP contribution in [0.3, 0.4) is 0 Å². The van der Waals surface area contributed by atoms with Crippen molar-refractivity contribution in [2.24, 2.45) is 0 Å². The van der Waals surface area contributed by atoms with Crippen LogP contribution in [0, 0.1) is 22.7 Å². The van der Waals surface area contributed by atoms with E-state index in [1.165, 1.54) is 6.20 Å². The van der Waals surface area contributed by atoms with E-state index in [-0.39, 0.29) is 11.6 Å². The number of nitrogens with one attached hydrogen (secondary N) is 4. The third-order valence-electron chi connectivity index (χ3n) is 7.08. The van der Waals surface area contributed by atoms with Crippen molar-refractivity contribution in [2.75, 3.05) is 10.6 Å². The first kappa shape index (κ1) is 27.4. The maximum Gasteiger partial charge on any atom is 0.103 e. The quantitative estimate of drug-likeness (QED) is 0.172. The number of rotatable bonds is 8. The third kappa shape index (κ3) is 5.96. The Bertz CT molecular complexity index is 1770. The van der Waals surface area contributed by atoms with Crippen molar-refractivity contribution in [3.05, 3.63) is 112 Å². The largest absolute Gasteiger partial charge is 0.377 e. The van der Waals surface area contributed by atoms with Gasteiger partial charge >= 0.3 is 0 Å². The van der Waals surface area contributed by atoms with E-state index in [0.29, 0.717) is 49.7 Å². The minimum absolute atomic E-state index is 0.0550. The highest BCUT2D eigenvalue weighted by Gasteiger charge is 2.28. The average Bonchev–Trinajstić information content (AvgIpc) is 3.52. The topological polar surface area (TPSA) is 112 Å². The Hall–Kier alpha value is -4.76. The highest BCUT2D eigenvalue weighted by atomic mass is 35.5. The lowest BCUT2D eigenvalue weighted by molar-refractivity contribution is 0.138. The van der Waals surface area contributed by atoms with Gasteiger partial charge in [-0.25, -0.2) is 0 Å². The first-order chi connectivity index (χ1) is 20.6. The number of hydrogen-bond acceptors (Lipinski definition) is 8. The predicted octanol–water partition coefficient (Wildman–Crippen LogP) is 7.31. The fourth-order valence-electron chi connectivity index (χ4n) is 4.84. The molecule has 0 bridgehead atoms. The molecule has 1 aliphatic rings. The van der Waals surface area contributed by atoms with E-state index in [0.717, 1.165) is 12.0 Å². The molecule has 0 saturated carbocycles. The Balaban J connectivity index is 1.64. The summed E-state index contributed by atoms with van der Waals surface area (Å²) in [7, 11) is 0. The van der Waals surface area contributed by atoms with E-state index in [9.17, 15) is 11.9 Å². The molecule has 1 aliphatic heterocycles. The fraction of sp³-hybridized carbons (Fsp3) is 0.242. The maximum absolute atomic E-state index is 10.0. The van der Waals surface area contributed by atoms with Gasteiger partial charge in [-0.2, -0.15) is 10.5 Å². The summed E-state index contributed by atoms with van der Waals surface area (Å²) in [5.74, 6) is 0. The van der Waals surface area contributed by atoms with Crippen LogP contribution in [0.15, 0.2) is 84.8 Å². The van der Waals surface area contributed by atoms with Crippen molar-refractivity contribution in [3.63, 3.8) is 0 Å². The lowest BCUT2D eigenvalue weighted by Gasteiger charge is -2.30. The molecular formula is C33H33ClN8. The maximum atomic E-state index is 10.0. The van der Waals surface area contributed by atoms with Gasteiger partial charge in [0, 0.05) is 29.0 Å². The van der Waals surface area contributed by atoms with Crippen molar-refractivity contribution in [2.45, 2.75) is 51.7 Å². The van der Waals surface area contributed by atoms with Crippen LogP contribution >= 0.6 is 11.6 Å². The van der Waals surface area contributed by atoms with Gasteiger partial charge in [-0.05, 0) is 62.6 Å². The van der Waals surface area contributed by atoms with Gasteiger partial charge < -0.3 is 16.1 Å². The van der Waals surface area contributed by atoms with Crippen LogP contribution in [0.4, 0.5) is 11.4 Å². The summed E-state index contributed by atoms with van der Waals surface area (Å²) in [5, 5.41) is 29.5. The van der Waals surface area contributed by atoms with Crippen molar-refractivity contribution < 1.29 is 1.37 Å². The van der Waals surface area contributed by atoms with Gasteiger partial charge in [0.25, 0.3) is 0 Å². The summed E-state index contributed by atoms with van der Waals surface area (Å²) in [6.45, 7) is 8.23. The summed E-state index contributed by atoms with van der Waals surface area (Å²) in [6.07, 6.45) is 4.16. The molecule has 4 aromatic rings. The van der Waals surface area contributed by atoms with Crippen molar-refractivity contribution in [3.8, 4) is 12.1 Å². The molecular weight excluding hydrogens is 544 g/mol. The molecule has 8 nitrogen and oxygen atoms in total. The Morgan fingerprint density at radius 3 is 2.45 bits per heavy atom. The Labute approximate surface area is 253 Å². The van der Waals surface area contributed by atoms with Gasteiger partial charge in [-0.15, -0.1) is 5.53 Å². The number of hydrogen-bond donors (Lipinski definition) is 4. The average molecular weight is 578 g/mol. The second-order valence-corrected chi connectivity index (χ2v) is 11.4. The van der Waals surface area contributed by atoms with Gasteiger partial charge in [0.1, 0.15) is 6.07 Å². The molecule has 4 N–H and O–H groups in total. The zero-order valence-corrected chi connectivity index (χ0v) is 24.7. The molecule has 2 atom stereocenters. The molecule has 42 heavy (non-hydrogen) atoms. The highest BCUT2D eigenvalue weighted by molar-refractivity contribution is 6.35. The van der Waals surface area contributed by atoms with Gasteiger partial charge in [-0.1, -0.05) is 61.0 Å². The molecule has 0 fully saturated rings. The molecule has 1 aromatic heterocycles. The molecule has 0 radical (unpaired) electrons. The monoisotopic (exact) mass is 577 g/mol. The van der Waals surface area contributed by atoms with Crippen molar-refractivity contribution >= 4 is 33.9 Å². The van der Waals surface area contributed by atoms with Crippen molar-refractivity contribution in [1.82, 2.24) is 21.0 Å². The van der Waals surface area contributed by atoms with E-state index in [2.05, 4.69) is 57.8 Å². The summed E-state index contributed by atoms with van der Waals surface area (Å²) >= 11 is 6.81. The Morgan fingerprint density at radius 1 is 1.02 bits per heavy atom. The summed E-state index contributed by atoms with van der Waals surface area (Å²) in [6, 6.07) is 23.4. The van der Waals surface area contributed by atoms with Crippen molar-refractivity contribution in [1.29, 1.82) is 10.5 Å². The first-order valence-corrected chi connectivity index (χ1v) is 14.1. The summed E-state index contributed by atoms with van der Waals surface area (Å²) in [4.78, 5) is 4.51. The molecule has 0 aliphatic carbocycles. The van der Waals surface area contributed by atoms with Gasteiger partial charge in [0.05, 0.1) is 52.6 Å². The van der Waals surface area contributed by atoms with E-state index < -0.39 is 6.02 Å². The number of anilines is 2. The standard InChI is InChI=1S/C33H33ClN8/c1-5-28(22-11-7-6-8-12-22)39-30-24(18-36)19-37-32-26(30)15-25(16-27(32)34)38-31(23-13-9-10-21(14-23)17-35)29-20-42(41-40-29)33(2,3)4/h6-16,19-20,28,31,38,40-41H,5H2,1-4H3,(H,37,39)/t28-,31?/m1/s1/i31D. The summed E-state index contributed by atoms with van der Waals surface area (Å²) < 4.78 is 9.78. The normalized spacial score (nSPS) is 15.5. The third-order valence-corrected chi connectivity index (χ3v) is 7.37. The summed E-state index contributed by atoms with van der Waals surface area (Å²) in [5.41, 5.74) is 10.7. The molecule has 0 saturated heterocycles. The molecule has 5 rings (SSSR count). The molecule has 2 heterocycles. The van der Waals surface area contributed by atoms with Gasteiger partial charge in [-0.3, -0.25) is 9.99 Å². The number of fused-ring (bicyclic) bond motifs is 1. The van der Waals surface area contributed by atoms with Crippen LogP contribution in [0.2, 0.25) is 5.02 Å². The van der Waals surface area contributed by atoms with Crippen LogP contribution in [-0.2, 0) is 0 Å². The Morgan fingerprint density at radius 2 is 1.79 bits per heavy atom. The van der Waals surface area contributed by atoms with Crippen LogP contribution in [0.5, 0.6) is 0 Å². The predicted molar refractivity (Wildman–Crippen MR) is 168 cm³/mol. The lowest BCUT2D eigenvalue weighted by atomic mass is 10.00. The zero-order chi connectivity index (χ0) is 30.8. The van der Waals surface area contributed by atoms with Crippen LogP contribution < -0.4 is 21.6 Å². The molecule has 0 amide bonds. The number of nitriles is 2. The van der Waals surface area contributed by atoms with Gasteiger partial charge in [0.15, 0.2) is 0 Å². The number of nitrogens with zero attached hydrogens (tertiary/aromatic N) is 4. The number of pyridine rings is 1. The van der Waals surface area contributed by atoms with E-state index in [1.807, 2.05) is 56.2 Å². The van der Waals surface area contributed by atoms with Crippen LogP contribution in [-0.4, -0.2) is 15.5 Å². The molecule has 0 spiro atoms. The number of hydrazine groups is 2. The van der Waals surface area contributed by atoms with Crippen LogP contribution in [0.25, 0.3) is 10.9 Å². The number of halogens is 1. The second kappa shape index (κ2) is 12.0. The smallest absolute Gasteiger partial charge is 0.103 e. The zero-order valence-electron chi connectivity index (χ0n) is 25.0. The molecule has 212 valence electrons. The fourth-order valence-corrected chi connectivity index (χ4v) is 5.11. The minimum atomic E-state index is -1.55. The molecule has 3 aromatic carbocycles. The minimum Gasteiger partial charge on any atom is -0.377 e. The van der Waals surface area contributed by atoms with E-state index in [1.54, 1.807) is 30.3 Å². The number of aromatic nitrogens is 1. The number of benzene rings is 3. The SMILES string of the molecule is [2H]C(Nc1cc(Cl)c2ncc(C#N)c(N[C@H](CC)c3ccccc3)c2c1)(C1=CN(C(C)(C)C)NN1)c1cccc(C#N)c1.